The maximum absolute atomic E-state index is 6.22. The summed E-state index contributed by atoms with van der Waals surface area (Å²) in [5.74, 6) is 0. The maximum atomic E-state index is 6.22. The molecule has 0 saturated carbocycles. The summed E-state index contributed by atoms with van der Waals surface area (Å²) in [4.78, 5) is 4.72. The van der Waals surface area contributed by atoms with Gasteiger partial charge in [-0.15, -0.1) is 11.3 Å². The van der Waals surface area contributed by atoms with Crippen LogP contribution in [-0.2, 0) is 0 Å². The molecule has 0 aliphatic heterocycles. The zero-order valence-electron chi connectivity index (χ0n) is 28.4. The van der Waals surface area contributed by atoms with Crippen LogP contribution >= 0.6 is 11.3 Å². The molecule has 3 heterocycles. The molecule has 0 bridgehead atoms. The van der Waals surface area contributed by atoms with E-state index in [-0.39, 0.29) is 0 Å². The summed E-state index contributed by atoms with van der Waals surface area (Å²) in [7, 11) is 0. The summed E-state index contributed by atoms with van der Waals surface area (Å²) in [5.41, 5.74) is 10.2. The van der Waals surface area contributed by atoms with Crippen molar-refractivity contribution >= 4 is 110 Å². The van der Waals surface area contributed by atoms with E-state index in [9.17, 15) is 0 Å². The lowest BCUT2D eigenvalue weighted by molar-refractivity contribution is 0.668. The van der Waals surface area contributed by atoms with E-state index >= 15 is 0 Å². The van der Waals surface area contributed by atoms with Crippen LogP contribution in [0.25, 0.3) is 64.0 Å². The molecule has 8 aromatic carbocycles. The molecule has 0 amide bonds. The molecule has 4 nitrogen and oxygen atoms in total. The molecule has 0 spiro atoms. The molecule has 0 aliphatic rings. The maximum Gasteiger partial charge on any atom is 0.135 e. The van der Waals surface area contributed by atoms with E-state index in [1.165, 1.54) is 20.2 Å². The Morgan fingerprint density at radius 1 is 0.321 bits per heavy atom. The van der Waals surface area contributed by atoms with Crippen LogP contribution < -0.4 is 9.80 Å². The van der Waals surface area contributed by atoms with Crippen LogP contribution in [0.1, 0.15) is 0 Å². The number of nitrogens with zero attached hydrogens (tertiary/aromatic N) is 2. The fraction of sp³-hybridized carbons (Fsp3) is 0. The van der Waals surface area contributed by atoms with Crippen molar-refractivity contribution in [3.63, 3.8) is 0 Å². The molecule has 0 fully saturated rings. The van der Waals surface area contributed by atoms with Gasteiger partial charge in [-0.3, -0.25) is 0 Å². The van der Waals surface area contributed by atoms with Gasteiger partial charge in [0.05, 0.1) is 5.69 Å². The van der Waals surface area contributed by atoms with Gasteiger partial charge in [-0.25, -0.2) is 0 Å². The van der Waals surface area contributed by atoms with E-state index in [4.69, 9.17) is 8.83 Å². The van der Waals surface area contributed by atoms with Gasteiger partial charge in [0.15, 0.2) is 0 Å². The second-order valence-corrected chi connectivity index (χ2v) is 14.4. The van der Waals surface area contributed by atoms with Crippen LogP contribution in [0.3, 0.4) is 0 Å². The SMILES string of the molecule is c1ccc(N(c2ccc3c(c2)sc2cccc(N(c4ccccc4)c4ccc5oc6ccccc6c5c4)c23)c2ccc3oc4ccccc4c3c2)cc1. The molecule has 0 unspecified atom stereocenters. The normalized spacial score (nSPS) is 11.8. The lowest BCUT2D eigenvalue weighted by Crippen LogP contribution is -2.10. The van der Waals surface area contributed by atoms with Gasteiger partial charge in [-0.05, 0) is 97.1 Å². The number of furan rings is 2. The monoisotopic (exact) mass is 698 g/mol. The number of hydrogen-bond donors (Lipinski definition) is 0. The van der Waals surface area contributed by atoms with E-state index in [0.717, 1.165) is 78.0 Å². The highest BCUT2D eigenvalue weighted by Crippen LogP contribution is 2.47. The largest absolute Gasteiger partial charge is 0.456 e. The highest BCUT2D eigenvalue weighted by atomic mass is 32.1. The zero-order valence-corrected chi connectivity index (χ0v) is 29.3. The van der Waals surface area contributed by atoms with Gasteiger partial charge in [0, 0.05) is 70.2 Å². The van der Waals surface area contributed by atoms with E-state index in [1.54, 1.807) is 0 Å². The minimum absolute atomic E-state index is 0.887. The minimum Gasteiger partial charge on any atom is -0.456 e. The van der Waals surface area contributed by atoms with Crippen molar-refractivity contribution in [1.82, 2.24) is 0 Å². The molecule has 0 atom stereocenters. The van der Waals surface area contributed by atoms with Crippen LogP contribution in [0.2, 0.25) is 0 Å². The van der Waals surface area contributed by atoms with Crippen molar-refractivity contribution in [1.29, 1.82) is 0 Å². The van der Waals surface area contributed by atoms with Crippen molar-refractivity contribution in [3.8, 4) is 0 Å². The Labute approximate surface area is 308 Å². The number of anilines is 6. The molecule has 0 saturated heterocycles. The number of fused-ring (bicyclic) bond motifs is 9. The molecule has 0 radical (unpaired) electrons. The molecule has 11 rings (SSSR count). The third-order valence-electron chi connectivity index (χ3n) is 10.2. The lowest BCUT2D eigenvalue weighted by atomic mass is 10.1. The van der Waals surface area contributed by atoms with Gasteiger partial charge in [0.25, 0.3) is 0 Å². The average molecular weight is 699 g/mol. The van der Waals surface area contributed by atoms with Crippen LogP contribution in [0, 0.1) is 0 Å². The van der Waals surface area contributed by atoms with E-state index in [2.05, 4.69) is 168 Å². The number of benzene rings is 8. The van der Waals surface area contributed by atoms with E-state index in [0.29, 0.717) is 0 Å². The highest BCUT2D eigenvalue weighted by molar-refractivity contribution is 7.26. The third kappa shape index (κ3) is 4.82. The van der Waals surface area contributed by atoms with E-state index in [1.807, 2.05) is 35.6 Å². The van der Waals surface area contributed by atoms with Gasteiger partial charge in [-0.2, -0.15) is 0 Å². The molecular formula is C48H30N2O2S. The van der Waals surface area contributed by atoms with Crippen LogP contribution in [0.5, 0.6) is 0 Å². The number of rotatable bonds is 6. The van der Waals surface area contributed by atoms with Crippen molar-refractivity contribution in [2.24, 2.45) is 0 Å². The highest BCUT2D eigenvalue weighted by Gasteiger charge is 2.21. The summed E-state index contributed by atoms with van der Waals surface area (Å²) in [5, 5.41) is 6.91. The fourth-order valence-electron chi connectivity index (χ4n) is 7.86. The third-order valence-corrected chi connectivity index (χ3v) is 11.3. The van der Waals surface area contributed by atoms with Crippen molar-refractivity contribution in [2.75, 3.05) is 9.80 Å². The van der Waals surface area contributed by atoms with Crippen LogP contribution in [0.15, 0.2) is 191 Å². The van der Waals surface area contributed by atoms with Crippen molar-refractivity contribution in [3.05, 3.63) is 182 Å². The zero-order chi connectivity index (χ0) is 34.9. The van der Waals surface area contributed by atoms with Gasteiger partial charge in [0.1, 0.15) is 22.3 Å². The first-order chi connectivity index (χ1) is 26.3. The Balaban J connectivity index is 1.09. The van der Waals surface area contributed by atoms with Crippen LogP contribution in [-0.4, -0.2) is 0 Å². The average Bonchev–Trinajstić information content (AvgIpc) is 3.90. The Kier molecular flexibility index (Phi) is 6.69. The summed E-state index contributed by atoms with van der Waals surface area (Å²) in [6.07, 6.45) is 0. The molecule has 0 aliphatic carbocycles. The first-order valence-corrected chi connectivity index (χ1v) is 18.6. The summed E-state index contributed by atoms with van der Waals surface area (Å²) < 4.78 is 14.9. The summed E-state index contributed by atoms with van der Waals surface area (Å²) >= 11 is 1.83. The predicted molar refractivity (Wildman–Crippen MR) is 223 cm³/mol. The lowest BCUT2D eigenvalue weighted by Gasteiger charge is -2.27. The minimum atomic E-state index is 0.887. The van der Waals surface area contributed by atoms with Crippen molar-refractivity contribution in [2.45, 2.75) is 0 Å². The van der Waals surface area contributed by atoms with Crippen LogP contribution in [0.4, 0.5) is 34.1 Å². The number of thiophene rings is 1. The standard InChI is InChI=1S/C48H30N2O2S/c1-3-12-31(13-4-1)49(33-23-26-44-39(28-33)36-16-7-9-19-42(36)51-44)35-22-25-38-47(30-35)53-46-21-11-18-41(48(38)46)50(32-14-5-2-6-15-32)34-24-27-45-40(29-34)37-17-8-10-20-43(37)52-45/h1-30H. The predicted octanol–water partition coefficient (Wildman–Crippen LogP) is 14.8. The first-order valence-electron chi connectivity index (χ1n) is 17.8. The summed E-state index contributed by atoms with van der Waals surface area (Å²) in [6.45, 7) is 0. The second kappa shape index (κ2) is 11.9. The molecule has 11 aromatic rings. The summed E-state index contributed by atoms with van der Waals surface area (Å²) in [6, 6.07) is 64.3. The number of hydrogen-bond acceptors (Lipinski definition) is 5. The topological polar surface area (TPSA) is 32.8 Å². The number of para-hydroxylation sites is 4. The Morgan fingerprint density at radius 3 is 1.47 bits per heavy atom. The molecular weight excluding hydrogens is 669 g/mol. The first kappa shape index (κ1) is 29.9. The Hall–Kier alpha value is -6.82. The molecule has 5 heteroatoms. The molecule has 250 valence electrons. The smallest absolute Gasteiger partial charge is 0.135 e. The Bertz CT molecular complexity index is 3140. The van der Waals surface area contributed by atoms with Gasteiger partial charge in [-0.1, -0.05) is 84.9 Å². The second-order valence-electron chi connectivity index (χ2n) is 13.3. The molecule has 3 aromatic heterocycles. The van der Waals surface area contributed by atoms with Gasteiger partial charge in [0.2, 0.25) is 0 Å². The van der Waals surface area contributed by atoms with Crippen molar-refractivity contribution < 1.29 is 8.83 Å². The van der Waals surface area contributed by atoms with E-state index < -0.39 is 0 Å². The quantitative estimate of drug-likeness (QED) is 0.173. The van der Waals surface area contributed by atoms with Gasteiger partial charge >= 0.3 is 0 Å². The molecule has 53 heavy (non-hydrogen) atoms. The van der Waals surface area contributed by atoms with Gasteiger partial charge < -0.3 is 18.6 Å². The molecule has 0 N–H and O–H groups in total. The fourth-order valence-corrected chi connectivity index (χ4v) is 9.02. The Morgan fingerprint density at radius 2 is 0.830 bits per heavy atom.